The molecule has 1 atom stereocenters. The normalized spacial score (nSPS) is 14.0. The second-order valence-electron chi connectivity index (χ2n) is 11.6. The van der Waals surface area contributed by atoms with Crippen LogP contribution in [0.4, 0.5) is 18.0 Å². The highest BCUT2D eigenvalue weighted by atomic mass is 19.4. The van der Waals surface area contributed by atoms with Crippen molar-refractivity contribution in [1.29, 1.82) is 0 Å². The fourth-order valence-electron chi connectivity index (χ4n) is 5.42. The smallest absolute Gasteiger partial charge is 0.416 e. The maximum absolute atomic E-state index is 13.7. The highest BCUT2D eigenvalue weighted by Gasteiger charge is 2.37. The standard InChI is InChI=1S/C38H37F3N2O6/c1-2-3-23-47-37(46)43-22-20-29-13-18-32(48-25-26-9-14-30(15-10-26)38(39,40)41)24-33(29)35(43)36(45)42-21-19-34(44)49-31-16-11-28(12-17-31)27-7-5-4-6-8-27/h4-18,24,35H,2-3,19-23,25H2,1H3,(H,42,45)/t35-/m0/s1. The summed E-state index contributed by atoms with van der Waals surface area (Å²) in [5, 5.41) is 2.77. The number of benzene rings is 4. The van der Waals surface area contributed by atoms with Crippen LogP contribution in [0.2, 0.25) is 0 Å². The zero-order chi connectivity index (χ0) is 34.8. The third kappa shape index (κ3) is 9.40. The quantitative estimate of drug-likeness (QED) is 0.0933. The first kappa shape index (κ1) is 35.0. The van der Waals surface area contributed by atoms with Gasteiger partial charge in [0.2, 0.25) is 5.91 Å². The second kappa shape index (κ2) is 16.2. The molecular weight excluding hydrogens is 637 g/mol. The van der Waals surface area contributed by atoms with E-state index in [1.165, 1.54) is 17.0 Å². The number of fused-ring (bicyclic) bond motifs is 1. The molecule has 1 aliphatic rings. The van der Waals surface area contributed by atoms with Crippen molar-refractivity contribution in [2.24, 2.45) is 0 Å². The molecule has 1 heterocycles. The van der Waals surface area contributed by atoms with Gasteiger partial charge < -0.3 is 19.5 Å². The van der Waals surface area contributed by atoms with Crippen LogP contribution in [-0.2, 0) is 33.5 Å². The fourth-order valence-corrected chi connectivity index (χ4v) is 5.42. The van der Waals surface area contributed by atoms with Crippen LogP contribution < -0.4 is 14.8 Å². The molecule has 0 radical (unpaired) electrons. The lowest BCUT2D eigenvalue weighted by Gasteiger charge is -2.35. The maximum Gasteiger partial charge on any atom is 0.416 e. The molecule has 0 spiro atoms. The van der Waals surface area contributed by atoms with Crippen molar-refractivity contribution < 1.29 is 41.8 Å². The molecule has 0 unspecified atom stereocenters. The lowest BCUT2D eigenvalue weighted by Crippen LogP contribution is -2.47. The first-order valence-corrected chi connectivity index (χ1v) is 16.1. The van der Waals surface area contributed by atoms with Gasteiger partial charge in [-0.2, -0.15) is 13.2 Å². The molecule has 256 valence electrons. The van der Waals surface area contributed by atoms with Crippen molar-refractivity contribution >= 4 is 18.0 Å². The number of hydrogen-bond donors (Lipinski definition) is 1. The molecule has 0 saturated heterocycles. The molecule has 0 fully saturated rings. The van der Waals surface area contributed by atoms with Crippen LogP contribution in [-0.4, -0.2) is 42.6 Å². The van der Waals surface area contributed by atoms with E-state index in [4.69, 9.17) is 14.2 Å². The molecule has 49 heavy (non-hydrogen) atoms. The van der Waals surface area contributed by atoms with E-state index in [-0.39, 0.29) is 32.7 Å². The van der Waals surface area contributed by atoms with Crippen molar-refractivity contribution in [3.05, 3.63) is 119 Å². The van der Waals surface area contributed by atoms with Crippen LogP contribution in [0.3, 0.4) is 0 Å². The molecule has 1 aliphatic heterocycles. The van der Waals surface area contributed by atoms with Gasteiger partial charge in [0, 0.05) is 13.1 Å². The van der Waals surface area contributed by atoms with Gasteiger partial charge in [-0.3, -0.25) is 14.5 Å². The Balaban J connectivity index is 1.24. The number of amides is 2. The summed E-state index contributed by atoms with van der Waals surface area (Å²) >= 11 is 0. The number of alkyl halides is 3. The number of nitrogens with zero attached hydrogens (tertiary/aromatic N) is 1. The number of rotatable bonds is 12. The Labute approximate surface area is 282 Å². The van der Waals surface area contributed by atoms with E-state index >= 15 is 0 Å². The highest BCUT2D eigenvalue weighted by Crippen LogP contribution is 2.34. The van der Waals surface area contributed by atoms with Crippen LogP contribution in [0.15, 0.2) is 97.1 Å². The first-order chi connectivity index (χ1) is 23.6. The largest absolute Gasteiger partial charge is 0.489 e. The average Bonchev–Trinajstić information content (AvgIpc) is 3.10. The van der Waals surface area contributed by atoms with Crippen LogP contribution >= 0.6 is 0 Å². The van der Waals surface area contributed by atoms with Crippen LogP contribution in [0.5, 0.6) is 11.5 Å². The molecule has 0 aliphatic carbocycles. The van der Waals surface area contributed by atoms with Crippen LogP contribution in [0.1, 0.15) is 54.5 Å². The molecule has 0 saturated carbocycles. The molecule has 2 amide bonds. The number of ether oxygens (including phenoxy) is 3. The first-order valence-electron chi connectivity index (χ1n) is 16.1. The van der Waals surface area contributed by atoms with E-state index in [2.05, 4.69) is 5.32 Å². The Kier molecular flexibility index (Phi) is 11.6. The molecule has 1 N–H and O–H groups in total. The summed E-state index contributed by atoms with van der Waals surface area (Å²) in [7, 11) is 0. The van der Waals surface area contributed by atoms with Gasteiger partial charge in [-0.25, -0.2) is 4.79 Å². The van der Waals surface area contributed by atoms with Gasteiger partial charge in [0.1, 0.15) is 24.1 Å². The van der Waals surface area contributed by atoms with Gasteiger partial charge in [-0.05, 0) is 77.1 Å². The molecular formula is C38H37F3N2O6. The SMILES string of the molecule is CCCCOC(=O)N1CCc2ccc(OCc3ccc(C(F)(F)F)cc3)cc2[C@H]1C(=O)NCCC(=O)Oc1ccc(-c2ccccc2)cc1. The summed E-state index contributed by atoms with van der Waals surface area (Å²) in [6, 6.07) is 25.7. The van der Waals surface area contributed by atoms with Crippen molar-refractivity contribution in [3.63, 3.8) is 0 Å². The van der Waals surface area contributed by atoms with Crippen LogP contribution in [0.25, 0.3) is 11.1 Å². The Morgan fingerprint density at radius 2 is 1.57 bits per heavy atom. The van der Waals surface area contributed by atoms with Gasteiger partial charge in [0.15, 0.2) is 0 Å². The minimum Gasteiger partial charge on any atom is -0.489 e. The molecule has 11 heteroatoms. The van der Waals surface area contributed by atoms with E-state index in [1.54, 1.807) is 30.3 Å². The zero-order valence-corrected chi connectivity index (χ0v) is 27.0. The number of carbonyl (C=O) groups excluding carboxylic acids is 3. The molecule has 4 aromatic rings. The lowest BCUT2D eigenvalue weighted by atomic mass is 9.92. The van der Waals surface area contributed by atoms with Gasteiger partial charge in [0.05, 0.1) is 18.6 Å². The van der Waals surface area contributed by atoms with Crippen LogP contribution in [0, 0.1) is 0 Å². The summed E-state index contributed by atoms with van der Waals surface area (Å²) in [5.41, 5.74) is 3.15. The second-order valence-corrected chi connectivity index (χ2v) is 11.6. The van der Waals surface area contributed by atoms with Gasteiger partial charge in [-0.15, -0.1) is 0 Å². The lowest BCUT2D eigenvalue weighted by molar-refractivity contribution is -0.137. The summed E-state index contributed by atoms with van der Waals surface area (Å²) in [5.74, 6) is -0.290. The number of carbonyl (C=O) groups is 3. The molecule has 8 nitrogen and oxygen atoms in total. The number of unbranched alkanes of at least 4 members (excludes halogenated alkanes) is 1. The Hall–Kier alpha value is -5.32. The van der Waals surface area contributed by atoms with Crippen molar-refractivity contribution in [1.82, 2.24) is 10.2 Å². The van der Waals surface area contributed by atoms with E-state index in [1.807, 2.05) is 49.4 Å². The minimum atomic E-state index is -4.44. The Morgan fingerprint density at radius 3 is 2.27 bits per heavy atom. The number of halogens is 3. The van der Waals surface area contributed by atoms with E-state index in [9.17, 15) is 27.6 Å². The molecule has 4 aromatic carbocycles. The Morgan fingerprint density at radius 1 is 0.878 bits per heavy atom. The molecule has 0 bridgehead atoms. The summed E-state index contributed by atoms with van der Waals surface area (Å²) in [6.07, 6.45) is -3.21. The summed E-state index contributed by atoms with van der Waals surface area (Å²) in [6.45, 7) is 2.38. The monoisotopic (exact) mass is 674 g/mol. The summed E-state index contributed by atoms with van der Waals surface area (Å²) < 4.78 is 55.6. The third-order valence-electron chi connectivity index (χ3n) is 8.06. The summed E-state index contributed by atoms with van der Waals surface area (Å²) in [4.78, 5) is 40.8. The van der Waals surface area contributed by atoms with E-state index < -0.39 is 35.8 Å². The highest BCUT2D eigenvalue weighted by molar-refractivity contribution is 5.88. The number of hydrogen-bond acceptors (Lipinski definition) is 6. The van der Waals surface area contributed by atoms with Crippen molar-refractivity contribution in [2.45, 2.75) is 51.4 Å². The Bertz CT molecular complexity index is 1730. The van der Waals surface area contributed by atoms with Crippen molar-refractivity contribution in [2.75, 3.05) is 19.7 Å². The fraction of sp³-hybridized carbons (Fsp3) is 0.289. The van der Waals surface area contributed by atoms with Crippen molar-refractivity contribution in [3.8, 4) is 22.6 Å². The van der Waals surface area contributed by atoms with Gasteiger partial charge in [-0.1, -0.05) is 74.0 Å². The zero-order valence-electron chi connectivity index (χ0n) is 27.0. The minimum absolute atomic E-state index is 0.00630. The third-order valence-corrected chi connectivity index (χ3v) is 8.06. The molecule has 5 rings (SSSR count). The molecule has 0 aromatic heterocycles. The number of nitrogens with one attached hydrogen (secondary N) is 1. The maximum atomic E-state index is 13.7. The van der Waals surface area contributed by atoms with E-state index in [0.717, 1.165) is 35.2 Å². The topological polar surface area (TPSA) is 94.2 Å². The van der Waals surface area contributed by atoms with E-state index in [0.29, 0.717) is 35.5 Å². The van der Waals surface area contributed by atoms with Gasteiger partial charge in [0.25, 0.3) is 0 Å². The predicted octanol–water partition coefficient (Wildman–Crippen LogP) is 7.90. The van der Waals surface area contributed by atoms with Gasteiger partial charge >= 0.3 is 18.2 Å². The average molecular weight is 675 g/mol. The predicted molar refractivity (Wildman–Crippen MR) is 177 cm³/mol. The number of esters is 1.